The van der Waals surface area contributed by atoms with E-state index in [9.17, 15) is 4.79 Å². The zero-order chi connectivity index (χ0) is 15.5. The maximum atomic E-state index is 12.6. The molecular formula is C17H21N3OS. The molecule has 3 rings (SSSR count). The number of hydrogen-bond acceptors (Lipinski definition) is 4. The van der Waals surface area contributed by atoms with Crippen LogP contribution in [0.15, 0.2) is 35.8 Å². The minimum Gasteiger partial charge on any atom is -0.378 e. The molecule has 22 heavy (non-hydrogen) atoms. The Balaban J connectivity index is 1.62. The minimum atomic E-state index is 0.142. The number of carbonyl (C=O) groups is 1. The van der Waals surface area contributed by atoms with Crippen molar-refractivity contribution in [1.29, 1.82) is 0 Å². The molecule has 0 bridgehead atoms. The van der Waals surface area contributed by atoms with Gasteiger partial charge in [-0.15, -0.1) is 11.3 Å². The molecule has 1 aromatic carbocycles. The number of hydrogen-bond donors (Lipinski definition) is 0. The Morgan fingerprint density at radius 3 is 2.45 bits per heavy atom. The lowest BCUT2D eigenvalue weighted by molar-refractivity contribution is 0.0713. The van der Waals surface area contributed by atoms with E-state index in [1.165, 1.54) is 5.01 Å². The van der Waals surface area contributed by atoms with Crippen molar-refractivity contribution in [2.24, 2.45) is 0 Å². The van der Waals surface area contributed by atoms with Gasteiger partial charge in [0.1, 0.15) is 0 Å². The smallest absolute Gasteiger partial charge is 0.253 e. The Kier molecular flexibility index (Phi) is 4.43. The van der Waals surface area contributed by atoms with Crippen LogP contribution in [0, 0.1) is 0 Å². The Labute approximate surface area is 135 Å². The zero-order valence-electron chi connectivity index (χ0n) is 13.0. The van der Waals surface area contributed by atoms with Crippen molar-refractivity contribution in [3.63, 3.8) is 0 Å². The maximum Gasteiger partial charge on any atom is 0.253 e. The molecule has 1 amide bonds. The highest BCUT2D eigenvalue weighted by molar-refractivity contribution is 7.09. The molecule has 0 spiro atoms. The third-order valence-corrected chi connectivity index (χ3v) is 5.15. The third kappa shape index (κ3) is 3.14. The Morgan fingerprint density at radius 2 is 1.91 bits per heavy atom. The number of amides is 1. The molecule has 116 valence electrons. The molecule has 0 N–H and O–H groups in total. The molecule has 0 unspecified atom stereocenters. The molecule has 1 aliphatic heterocycles. The highest BCUT2D eigenvalue weighted by Crippen LogP contribution is 2.29. The van der Waals surface area contributed by atoms with Gasteiger partial charge in [-0.1, -0.05) is 0 Å². The second-order valence-electron chi connectivity index (χ2n) is 5.88. The van der Waals surface area contributed by atoms with Crippen LogP contribution in [0.25, 0.3) is 0 Å². The van der Waals surface area contributed by atoms with Crippen molar-refractivity contribution in [2.45, 2.75) is 18.8 Å². The zero-order valence-corrected chi connectivity index (χ0v) is 13.8. The summed E-state index contributed by atoms with van der Waals surface area (Å²) >= 11 is 1.72. The second-order valence-corrected chi connectivity index (χ2v) is 6.80. The van der Waals surface area contributed by atoms with Crippen molar-refractivity contribution in [3.8, 4) is 0 Å². The molecule has 1 aromatic heterocycles. The summed E-state index contributed by atoms with van der Waals surface area (Å²) in [6.45, 7) is 1.64. The van der Waals surface area contributed by atoms with Crippen molar-refractivity contribution >= 4 is 22.9 Å². The fraction of sp³-hybridized carbons (Fsp3) is 0.412. The number of carbonyl (C=O) groups excluding carboxylic acids is 1. The van der Waals surface area contributed by atoms with E-state index < -0.39 is 0 Å². The minimum absolute atomic E-state index is 0.142. The van der Waals surface area contributed by atoms with Crippen LogP contribution in [-0.4, -0.2) is 43.0 Å². The van der Waals surface area contributed by atoms with Crippen LogP contribution in [0.1, 0.15) is 34.1 Å². The van der Waals surface area contributed by atoms with E-state index in [1.54, 1.807) is 11.3 Å². The highest BCUT2D eigenvalue weighted by atomic mass is 32.1. The maximum absolute atomic E-state index is 12.6. The van der Waals surface area contributed by atoms with Crippen molar-refractivity contribution in [3.05, 3.63) is 46.4 Å². The molecule has 1 fully saturated rings. The van der Waals surface area contributed by atoms with Gasteiger partial charge in [0.15, 0.2) is 0 Å². The molecule has 0 radical (unpaired) electrons. The number of piperidine rings is 1. The molecule has 0 saturated carbocycles. The van der Waals surface area contributed by atoms with E-state index in [2.05, 4.69) is 4.98 Å². The van der Waals surface area contributed by atoms with Crippen LogP contribution in [0.2, 0.25) is 0 Å². The first-order valence-corrected chi connectivity index (χ1v) is 8.49. The van der Waals surface area contributed by atoms with Gasteiger partial charge in [0.2, 0.25) is 0 Å². The summed E-state index contributed by atoms with van der Waals surface area (Å²) in [7, 11) is 4.00. The van der Waals surface area contributed by atoms with E-state index in [0.717, 1.165) is 37.2 Å². The Morgan fingerprint density at radius 1 is 1.23 bits per heavy atom. The molecule has 0 aliphatic carbocycles. The molecular weight excluding hydrogens is 294 g/mol. The van der Waals surface area contributed by atoms with E-state index in [0.29, 0.717) is 5.92 Å². The fourth-order valence-corrected chi connectivity index (χ4v) is 3.66. The Bertz CT molecular complexity index is 614. The van der Waals surface area contributed by atoms with Gasteiger partial charge in [0, 0.05) is 55.9 Å². The predicted molar refractivity (Wildman–Crippen MR) is 90.8 cm³/mol. The predicted octanol–water partition coefficient (Wildman–Crippen LogP) is 3.23. The largest absolute Gasteiger partial charge is 0.378 e. The normalized spacial score (nSPS) is 15.8. The van der Waals surface area contributed by atoms with Gasteiger partial charge in [-0.25, -0.2) is 4.98 Å². The summed E-state index contributed by atoms with van der Waals surface area (Å²) in [5.41, 5.74) is 1.89. The van der Waals surface area contributed by atoms with E-state index in [4.69, 9.17) is 0 Å². The second kappa shape index (κ2) is 6.48. The SMILES string of the molecule is CN(C)c1ccc(C(=O)N2CCC(c3nccs3)CC2)cc1. The number of nitrogens with zero attached hydrogens (tertiary/aromatic N) is 3. The molecule has 4 nitrogen and oxygen atoms in total. The standard InChI is InChI=1S/C17H21N3OS/c1-19(2)15-5-3-14(4-6-15)17(21)20-10-7-13(8-11-20)16-18-9-12-22-16/h3-6,9,12-13H,7-8,10-11H2,1-2H3. The molecule has 0 atom stereocenters. The number of benzene rings is 1. The summed E-state index contributed by atoms with van der Waals surface area (Å²) < 4.78 is 0. The number of anilines is 1. The number of rotatable bonds is 3. The fourth-order valence-electron chi connectivity index (χ4n) is 2.85. The van der Waals surface area contributed by atoms with E-state index >= 15 is 0 Å². The van der Waals surface area contributed by atoms with Crippen LogP contribution in [0.3, 0.4) is 0 Å². The summed E-state index contributed by atoms with van der Waals surface area (Å²) in [4.78, 5) is 21.0. The lowest BCUT2D eigenvalue weighted by Crippen LogP contribution is -2.37. The van der Waals surface area contributed by atoms with Crippen LogP contribution >= 0.6 is 11.3 Å². The first-order valence-electron chi connectivity index (χ1n) is 7.61. The molecule has 1 aliphatic rings. The number of likely N-dealkylation sites (tertiary alicyclic amines) is 1. The van der Waals surface area contributed by atoms with E-state index in [1.807, 2.05) is 59.7 Å². The lowest BCUT2D eigenvalue weighted by Gasteiger charge is -2.31. The summed E-state index contributed by atoms with van der Waals surface area (Å²) in [6.07, 6.45) is 3.88. The first kappa shape index (κ1) is 15.0. The molecule has 1 saturated heterocycles. The quantitative estimate of drug-likeness (QED) is 0.872. The van der Waals surface area contributed by atoms with Crippen LogP contribution in [-0.2, 0) is 0 Å². The number of thiazole rings is 1. The van der Waals surface area contributed by atoms with Crippen LogP contribution in [0.4, 0.5) is 5.69 Å². The molecule has 2 heterocycles. The summed E-state index contributed by atoms with van der Waals surface area (Å²) in [5, 5.41) is 3.24. The molecule has 5 heteroatoms. The van der Waals surface area contributed by atoms with Crippen LogP contribution in [0.5, 0.6) is 0 Å². The summed E-state index contributed by atoms with van der Waals surface area (Å²) in [6, 6.07) is 7.83. The first-order chi connectivity index (χ1) is 10.6. The molecule has 2 aromatic rings. The highest BCUT2D eigenvalue weighted by Gasteiger charge is 2.25. The van der Waals surface area contributed by atoms with Gasteiger partial charge in [-0.3, -0.25) is 4.79 Å². The van der Waals surface area contributed by atoms with Gasteiger partial charge in [0.25, 0.3) is 5.91 Å². The lowest BCUT2D eigenvalue weighted by atomic mass is 9.97. The summed E-state index contributed by atoms with van der Waals surface area (Å²) in [5.74, 6) is 0.656. The van der Waals surface area contributed by atoms with E-state index in [-0.39, 0.29) is 5.91 Å². The van der Waals surface area contributed by atoms with Gasteiger partial charge < -0.3 is 9.80 Å². The van der Waals surface area contributed by atoms with Crippen LogP contribution < -0.4 is 4.90 Å². The average Bonchev–Trinajstić information content (AvgIpc) is 3.09. The Hall–Kier alpha value is -1.88. The topological polar surface area (TPSA) is 36.4 Å². The third-order valence-electron chi connectivity index (χ3n) is 4.21. The van der Waals surface area contributed by atoms with Crippen molar-refractivity contribution in [1.82, 2.24) is 9.88 Å². The average molecular weight is 315 g/mol. The van der Waals surface area contributed by atoms with Gasteiger partial charge in [0.05, 0.1) is 5.01 Å². The van der Waals surface area contributed by atoms with Gasteiger partial charge >= 0.3 is 0 Å². The van der Waals surface area contributed by atoms with Gasteiger partial charge in [-0.2, -0.15) is 0 Å². The van der Waals surface area contributed by atoms with Gasteiger partial charge in [-0.05, 0) is 37.1 Å². The van der Waals surface area contributed by atoms with Crippen molar-refractivity contribution in [2.75, 3.05) is 32.1 Å². The van der Waals surface area contributed by atoms with Crippen molar-refractivity contribution < 1.29 is 4.79 Å². The monoisotopic (exact) mass is 315 g/mol. The number of aromatic nitrogens is 1.